The van der Waals surface area contributed by atoms with E-state index in [2.05, 4.69) is 13.8 Å². The van der Waals surface area contributed by atoms with Crippen molar-refractivity contribution >= 4 is 0 Å². The Morgan fingerprint density at radius 3 is 1.22 bits per heavy atom. The van der Waals surface area contributed by atoms with Gasteiger partial charge in [-0.05, 0) is 0 Å². The van der Waals surface area contributed by atoms with E-state index in [0.29, 0.717) is 0 Å². The van der Waals surface area contributed by atoms with Crippen molar-refractivity contribution in [2.75, 3.05) is 0 Å². The fourth-order valence-electron chi connectivity index (χ4n) is 0.854. The molecule has 0 aromatic heterocycles. The van der Waals surface area contributed by atoms with Crippen molar-refractivity contribution in [3.05, 3.63) is 0 Å². The molecule has 1 heteroatoms. The zero-order valence-corrected chi connectivity index (χ0v) is 12.4. The van der Waals surface area contributed by atoms with Crippen molar-refractivity contribution in [1.29, 1.82) is 0 Å². The second kappa shape index (κ2) is 11.7. The normalized spacial score (nSPS) is 8.67. The fourth-order valence-corrected chi connectivity index (χ4v) is 0.854. The summed E-state index contributed by atoms with van der Waals surface area (Å²) in [5, 5.41) is 0. The van der Waals surface area contributed by atoms with Gasteiger partial charge >= 0.3 is 0 Å². The van der Waals surface area contributed by atoms with Gasteiger partial charge in [0.2, 0.25) is 0 Å². The molecule has 0 rings (SSSR count). The summed E-state index contributed by atoms with van der Waals surface area (Å²) in [6.07, 6.45) is 8.49. The van der Waals surface area contributed by atoms with Gasteiger partial charge in [0.05, 0.1) is 0 Å². The van der Waals surface area contributed by atoms with Crippen molar-refractivity contribution in [1.82, 2.24) is 0 Å². The predicted molar refractivity (Wildman–Crippen MR) is 39.0 cm³/mol. The average Bonchev–Trinajstić information content (AvgIpc) is 1.81. The molecule has 0 spiro atoms. The standard InChI is InChI=1S/C8H18.Hg/c1-3-5-7-8-6-4-2;/h3-8H2,1-2H3;. The second-order valence-electron chi connectivity index (χ2n) is 2.41. The Labute approximate surface area is 79.9 Å². The summed E-state index contributed by atoms with van der Waals surface area (Å²) >= 11 is 0. The molecule has 0 amide bonds. The van der Waals surface area contributed by atoms with Crippen LogP contribution in [0.1, 0.15) is 52.4 Å². The van der Waals surface area contributed by atoms with Crippen LogP contribution in [0.25, 0.3) is 0 Å². The van der Waals surface area contributed by atoms with Crippen molar-refractivity contribution < 1.29 is 27.7 Å². The molecule has 0 unspecified atom stereocenters. The van der Waals surface area contributed by atoms with Gasteiger partial charge in [0, 0.05) is 27.7 Å². The van der Waals surface area contributed by atoms with E-state index < -0.39 is 0 Å². The van der Waals surface area contributed by atoms with Crippen LogP contribution in [0, 0.1) is 0 Å². The van der Waals surface area contributed by atoms with Crippen molar-refractivity contribution in [3.8, 4) is 0 Å². The molecule has 0 aromatic rings. The van der Waals surface area contributed by atoms with Gasteiger partial charge in [-0.1, -0.05) is 52.4 Å². The van der Waals surface area contributed by atoms with Crippen LogP contribution in [0.2, 0.25) is 0 Å². The molecule has 0 aliphatic carbocycles. The molecule has 0 N–H and O–H groups in total. The van der Waals surface area contributed by atoms with Crippen LogP contribution in [0.4, 0.5) is 0 Å². The van der Waals surface area contributed by atoms with Crippen LogP contribution in [0.15, 0.2) is 0 Å². The van der Waals surface area contributed by atoms with E-state index in [4.69, 9.17) is 0 Å². The summed E-state index contributed by atoms with van der Waals surface area (Å²) < 4.78 is 0. The minimum atomic E-state index is 0. The van der Waals surface area contributed by atoms with Crippen LogP contribution in [-0.4, -0.2) is 0 Å². The summed E-state index contributed by atoms with van der Waals surface area (Å²) in [6, 6.07) is 0. The molecule has 0 aliphatic rings. The zero-order chi connectivity index (χ0) is 6.24. The number of hydrogen-bond donors (Lipinski definition) is 0. The van der Waals surface area contributed by atoms with E-state index in [9.17, 15) is 0 Å². The van der Waals surface area contributed by atoms with Gasteiger partial charge in [0.15, 0.2) is 0 Å². The molecular weight excluding hydrogens is 297 g/mol. The van der Waals surface area contributed by atoms with Crippen molar-refractivity contribution in [2.24, 2.45) is 0 Å². The van der Waals surface area contributed by atoms with Crippen LogP contribution in [-0.2, 0) is 27.7 Å². The van der Waals surface area contributed by atoms with E-state index in [-0.39, 0.29) is 27.7 Å². The van der Waals surface area contributed by atoms with E-state index in [1.165, 1.54) is 38.5 Å². The average molecular weight is 315 g/mol. The minimum absolute atomic E-state index is 0. The maximum atomic E-state index is 2.26. The summed E-state index contributed by atoms with van der Waals surface area (Å²) in [6.45, 7) is 4.51. The molecule has 0 atom stereocenters. The number of rotatable bonds is 5. The Bertz CT molecular complexity index is 29.5. The fraction of sp³-hybridized carbons (Fsp3) is 1.00. The molecule has 0 aromatic carbocycles. The molecular formula is C8H18Hg. The molecule has 0 nitrogen and oxygen atoms in total. The maximum Gasteiger partial charge on any atom is 0 e. The van der Waals surface area contributed by atoms with Gasteiger partial charge in [-0.25, -0.2) is 0 Å². The third kappa shape index (κ3) is 12.2. The van der Waals surface area contributed by atoms with Gasteiger partial charge in [0.25, 0.3) is 0 Å². The third-order valence-corrected chi connectivity index (χ3v) is 1.46. The first kappa shape index (κ1) is 12.6. The van der Waals surface area contributed by atoms with Crippen LogP contribution < -0.4 is 0 Å². The molecule has 9 heavy (non-hydrogen) atoms. The molecule has 0 fully saturated rings. The van der Waals surface area contributed by atoms with E-state index in [1.54, 1.807) is 0 Å². The molecule has 0 aliphatic heterocycles. The molecule has 0 bridgehead atoms. The summed E-state index contributed by atoms with van der Waals surface area (Å²) in [5.41, 5.74) is 0. The number of hydrogen-bond acceptors (Lipinski definition) is 0. The number of unbranched alkanes of at least 4 members (excludes halogenated alkanes) is 5. The molecule has 0 saturated heterocycles. The smallest absolute Gasteiger partial charge is 0 e. The first-order valence-electron chi connectivity index (χ1n) is 3.91. The summed E-state index contributed by atoms with van der Waals surface area (Å²) in [7, 11) is 0. The van der Waals surface area contributed by atoms with Crippen molar-refractivity contribution in [3.63, 3.8) is 0 Å². The van der Waals surface area contributed by atoms with Gasteiger partial charge in [-0.15, -0.1) is 0 Å². The minimum Gasteiger partial charge on any atom is -0.0654 e. The van der Waals surface area contributed by atoms with Gasteiger partial charge in [0.1, 0.15) is 0 Å². The van der Waals surface area contributed by atoms with Crippen LogP contribution in [0.3, 0.4) is 0 Å². The topological polar surface area (TPSA) is 0 Å². The quantitative estimate of drug-likeness (QED) is 0.539. The molecule has 0 radical (unpaired) electrons. The second-order valence-corrected chi connectivity index (χ2v) is 2.41. The first-order chi connectivity index (χ1) is 3.91. The third-order valence-electron chi connectivity index (χ3n) is 1.46. The van der Waals surface area contributed by atoms with Gasteiger partial charge in [-0.2, -0.15) is 0 Å². The summed E-state index contributed by atoms with van der Waals surface area (Å²) in [4.78, 5) is 0. The van der Waals surface area contributed by atoms with E-state index in [1.807, 2.05) is 0 Å². The monoisotopic (exact) mass is 316 g/mol. The Morgan fingerprint density at radius 2 is 1.00 bits per heavy atom. The van der Waals surface area contributed by atoms with Gasteiger partial charge < -0.3 is 0 Å². The first-order valence-corrected chi connectivity index (χ1v) is 3.91. The van der Waals surface area contributed by atoms with E-state index in [0.717, 1.165) is 0 Å². The molecule has 0 saturated carbocycles. The SMILES string of the molecule is CCCCCCCC.[Hg]. The zero-order valence-electron chi connectivity index (χ0n) is 6.95. The molecule has 0 heterocycles. The van der Waals surface area contributed by atoms with Crippen LogP contribution in [0.5, 0.6) is 0 Å². The Kier molecular flexibility index (Phi) is 16.4. The maximum absolute atomic E-state index is 2.26. The van der Waals surface area contributed by atoms with Crippen molar-refractivity contribution in [2.45, 2.75) is 52.4 Å². The Balaban J connectivity index is 0. The van der Waals surface area contributed by atoms with E-state index >= 15 is 0 Å². The summed E-state index contributed by atoms with van der Waals surface area (Å²) in [5.74, 6) is 0. The largest absolute Gasteiger partial charge is 0.0654 e. The Hall–Kier alpha value is 0.935. The Morgan fingerprint density at radius 1 is 0.667 bits per heavy atom. The molecule has 52 valence electrons. The predicted octanol–water partition coefficient (Wildman–Crippen LogP) is 3.36. The van der Waals surface area contributed by atoms with Gasteiger partial charge in [-0.3, -0.25) is 0 Å². The van der Waals surface area contributed by atoms with Crippen LogP contribution >= 0.6 is 0 Å².